The number of carbonyl (C=O) groups excluding carboxylic acids is 1. The zero-order valence-corrected chi connectivity index (χ0v) is 10.5. The summed E-state index contributed by atoms with van der Waals surface area (Å²) in [6, 6.07) is 1.34. The number of carbonyl (C=O) groups is 2. The normalized spacial score (nSPS) is 12.1. The summed E-state index contributed by atoms with van der Waals surface area (Å²) in [5.74, 6) is -3.81. The summed E-state index contributed by atoms with van der Waals surface area (Å²) in [7, 11) is 0. The maximum Gasteiger partial charge on any atom is 0.416 e. The molecule has 0 saturated heterocycles. The number of amides is 1. The Labute approximate surface area is 111 Å². The number of hydrogen-bond donors (Lipinski definition) is 2. The number of hydrogen-bond acceptors (Lipinski definition) is 2. The number of halogens is 4. The molecule has 0 atom stereocenters. The first kappa shape index (κ1) is 15.9. The Balaban J connectivity index is 3.14. The smallest absolute Gasteiger partial charge is 0.416 e. The minimum atomic E-state index is -4.73. The van der Waals surface area contributed by atoms with Crippen LogP contribution in [-0.2, 0) is 11.0 Å². The summed E-state index contributed by atoms with van der Waals surface area (Å²) in [5.41, 5.74) is -3.80. The van der Waals surface area contributed by atoms with Crippen molar-refractivity contribution in [3.05, 3.63) is 35.1 Å². The summed E-state index contributed by atoms with van der Waals surface area (Å²) < 4.78 is 50.9. The summed E-state index contributed by atoms with van der Waals surface area (Å²) in [5, 5.41) is 10.7. The van der Waals surface area contributed by atoms with Crippen molar-refractivity contribution in [1.82, 2.24) is 5.32 Å². The SMILES string of the molecule is CC(C)(NC(=O)c1cc(C(F)(F)F)ccc1F)C(=O)O. The van der Waals surface area contributed by atoms with Gasteiger partial charge in [0.15, 0.2) is 0 Å². The lowest BCUT2D eigenvalue weighted by molar-refractivity contribution is -0.143. The molecule has 0 aromatic heterocycles. The molecule has 8 heteroatoms. The molecule has 0 heterocycles. The number of rotatable bonds is 3. The van der Waals surface area contributed by atoms with Gasteiger partial charge in [0.2, 0.25) is 0 Å². The number of nitrogens with one attached hydrogen (secondary N) is 1. The number of aliphatic carboxylic acids is 1. The number of carboxylic acids is 1. The molecule has 0 radical (unpaired) electrons. The fourth-order valence-corrected chi connectivity index (χ4v) is 1.28. The highest BCUT2D eigenvalue weighted by Gasteiger charge is 2.34. The van der Waals surface area contributed by atoms with E-state index in [4.69, 9.17) is 5.11 Å². The van der Waals surface area contributed by atoms with Crippen LogP contribution in [0.15, 0.2) is 18.2 Å². The van der Waals surface area contributed by atoms with Crippen LogP contribution in [0.1, 0.15) is 29.8 Å². The molecule has 4 nitrogen and oxygen atoms in total. The first-order chi connectivity index (χ1) is 8.95. The molecule has 20 heavy (non-hydrogen) atoms. The molecule has 2 N–H and O–H groups in total. The second-order valence-electron chi connectivity index (χ2n) is 4.58. The van der Waals surface area contributed by atoms with E-state index in [0.717, 1.165) is 13.8 Å². The van der Waals surface area contributed by atoms with Gasteiger partial charge in [-0.3, -0.25) is 4.79 Å². The second kappa shape index (κ2) is 5.10. The van der Waals surface area contributed by atoms with Crippen LogP contribution in [0.5, 0.6) is 0 Å². The van der Waals surface area contributed by atoms with Gasteiger partial charge in [0, 0.05) is 0 Å². The third-order valence-corrected chi connectivity index (χ3v) is 2.50. The molecule has 1 aromatic carbocycles. The molecule has 0 aliphatic rings. The minimum Gasteiger partial charge on any atom is -0.480 e. The molecule has 1 rings (SSSR count). The van der Waals surface area contributed by atoms with E-state index in [-0.39, 0.29) is 0 Å². The van der Waals surface area contributed by atoms with Gasteiger partial charge in [-0.1, -0.05) is 0 Å². The highest BCUT2D eigenvalue weighted by atomic mass is 19.4. The number of carboxylic acid groups (broad SMARTS) is 1. The number of alkyl halides is 3. The molecular formula is C12H11F4NO3. The van der Waals surface area contributed by atoms with Crippen molar-refractivity contribution in [2.75, 3.05) is 0 Å². The average Bonchev–Trinajstić information content (AvgIpc) is 2.26. The van der Waals surface area contributed by atoms with Gasteiger partial charge in [0.25, 0.3) is 5.91 Å². The maximum absolute atomic E-state index is 13.4. The van der Waals surface area contributed by atoms with Gasteiger partial charge in [-0.25, -0.2) is 9.18 Å². The van der Waals surface area contributed by atoms with E-state index in [1.165, 1.54) is 0 Å². The zero-order valence-electron chi connectivity index (χ0n) is 10.5. The molecule has 0 unspecified atom stereocenters. The van der Waals surface area contributed by atoms with Crippen LogP contribution in [0.25, 0.3) is 0 Å². The van der Waals surface area contributed by atoms with Crippen LogP contribution in [0, 0.1) is 5.82 Å². The van der Waals surface area contributed by atoms with E-state index in [9.17, 15) is 27.2 Å². The average molecular weight is 293 g/mol. The lowest BCUT2D eigenvalue weighted by atomic mass is 10.0. The van der Waals surface area contributed by atoms with E-state index < -0.39 is 40.5 Å². The van der Waals surface area contributed by atoms with Crippen molar-refractivity contribution in [1.29, 1.82) is 0 Å². The van der Waals surface area contributed by atoms with E-state index in [1.807, 2.05) is 5.32 Å². The van der Waals surface area contributed by atoms with E-state index in [1.54, 1.807) is 0 Å². The van der Waals surface area contributed by atoms with E-state index >= 15 is 0 Å². The van der Waals surface area contributed by atoms with Crippen LogP contribution < -0.4 is 5.32 Å². The third-order valence-electron chi connectivity index (χ3n) is 2.50. The van der Waals surface area contributed by atoms with Gasteiger partial charge >= 0.3 is 12.1 Å². The van der Waals surface area contributed by atoms with Gasteiger partial charge in [-0.05, 0) is 32.0 Å². The quantitative estimate of drug-likeness (QED) is 0.841. The van der Waals surface area contributed by atoms with Crippen molar-refractivity contribution >= 4 is 11.9 Å². The van der Waals surface area contributed by atoms with Crippen molar-refractivity contribution in [2.45, 2.75) is 25.6 Å². The zero-order chi connectivity index (χ0) is 15.7. The maximum atomic E-state index is 13.4. The van der Waals surface area contributed by atoms with E-state index in [2.05, 4.69) is 0 Å². The second-order valence-corrected chi connectivity index (χ2v) is 4.58. The van der Waals surface area contributed by atoms with Gasteiger partial charge in [0.1, 0.15) is 11.4 Å². The Kier molecular flexibility index (Phi) is 4.07. The largest absolute Gasteiger partial charge is 0.480 e. The van der Waals surface area contributed by atoms with Gasteiger partial charge in [-0.15, -0.1) is 0 Å². The Morgan fingerprint density at radius 2 is 1.75 bits per heavy atom. The molecule has 0 aliphatic carbocycles. The van der Waals surface area contributed by atoms with Crippen LogP contribution >= 0.6 is 0 Å². The standard InChI is InChI=1S/C12H11F4NO3/c1-11(2,10(19)20)17-9(18)7-5-6(12(14,15)16)3-4-8(7)13/h3-5H,1-2H3,(H,17,18)(H,19,20). The fourth-order valence-electron chi connectivity index (χ4n) is 1.28. The van der Waals surface area contributed by atoms with Crippen molar-refractivity contribution in [3.63, 3.8) is 0 Å². The number of benzene rings is 1. The van der Waals surface area contributed by atoms with Gasteiger partial charge in [0.05, 0.1) is 11.1 Å². The summed E-state index contributed by atoms with van der Waals surface area (Å²) in [6.45, 7) is 2.25. The fraction of sp³-hybridized carbons (Fsp3) is 0.333. The van der Waals surface area contributed by atoms with Crippen molar-refractivity contribution in [2.24, 2.45) is 0 Å². The predicted octanol–water partition coefficient (Wildman–Crippen LogP) is 2.44. The van der Waals surface area contributed by atoms with Crippen LogP contribution in [0.3, 0.4) is 0 Å². The Morgan fingerprint density at radius 1 is 1.20 bits per heavy atom. The molecule has 0 aliphatic heterocycles. The van der Waals surface area contributed by atoms with Crippen molar-refractivity contribution in [3.8, 4) is 0 Å². The van der Waals surface area contributed by atoms with Gasteiger partial charge < -0.3 is 10.4 Å². The van der Waals surface area contributed by atoms with E-state index in [0.29, 0.717) is 18.2 Å². The van der Waals surface area contributed by atoms with Crippen LogP contribution in [-0.4, -0.2) is 22.5 Å². The first-order valence-electron chi connectivity index (χ1n) is 5.38. The van der Waals surface area contributed by atoms with Gasteiger partial charge in [-0.2, -0.15) is 13.2 Å². The molecule has 0 bridgehead atoms. The summed E-state index contributed by atoms with van der Waals surface area (Å²) >= 11 is 0. The lowest BCUT2D eigenvalue weighted by Gasteiger charge is -2.21. The molecular weight excluding hydrogens is 282 g/mol. The van der Waals surface area contributed by atoms with Crippen LogP contribution in [0.4, 0.5) is 17.6 Å². The van der Waals surface area contributed by atoms with Crippen LogP contribution in [0.2, 0.25) is 0 Å². The predicted molar refractivity (Wildman–Crippen MR) is 60.6 cm³/mol. The minimum absolute atomic E-state index is 0.336. The Hall–Kier alpha value is -2.12. The Morgan fingerprint density at radius 3 is 2.20 bits per heavy atom. The molecule has 110 valence electrons. The molecule has 0 saturated carbocycles. The highest BCUT2D eigenvalue weighted by Crippen LogP contribution is 2.30. The third kappa shape index (κ3) is 3.46. The lowest BCUT2D eigenvalue weighted by Crippen LogP contribution is -2.49. The molecule has 0 fully saturated rings. The monoisotopic (exact) mass is 293 g/mol. The summed E-state index contributed by atoms with van der Waals surface area (Å²) in [4.78, 5) is 22.5. The van der Waals surface area contributed by atoms with Crippen molar-refractivity contribution < 1.29 is 32.3 Å². The first-order valence-corrected chi connectivity index (χ1v) is 5.38. The molecule has 0 spiro atoms. The molecule has 1 aromatic rings. The summed E-state index contributed by atoms with van der Waals surface area (Å²) in [6.07, 6.45) is -4.73. The Bertz CT molecular complexity index is 552. The topological polar surface area (TPSA) is 66.4 Å². The molecule has 1 amide bonds. The highest BCUT2D eigenvalue weighted by molar-refractivity contribution is 5.98.